The maximum atomic E-state index is 13.4. The first kappa shape index (κ1) is 30.2. The van der Waals surface area contributed by atoms with Crippen LogP contribution in [0.5, 0.6) is 5.75 Å². The first-order chi connectivity index (χ1) is 19.8. The number of amides is 1. The van der Waals surface area contributed by atoms with Gasteiger partial charge in [-0.25, -0.2) is 4.79 Å². The number of phenols is 1. The molecule has 0 aromatic heterocycles. The summed E-state index contributed by atoms with van der Waals surface area (Å²) in [6.45, 7) is 0. The van der Waals surface area contributed by atoms with Crippen molar-refractivity contribution in [2.45, 2.75) is 24.8 Å². The Balaban J connectivity index is 1.56. The van der Waals surface area contributed by atoms with Crippen molar-refractivity contribution in [3.8, 4) is 28.0 Å². The number of rotatable bonds is 7. The van der Waals surface area contributed by atoms with E-state index in [0.717, 1.165) is 31.4 Å². The van der Waals surface area contributed by atoms with E-state index in [2.05, 4.69) is 5.32 Å². The summed E-state index contributed by atoms with van der Waals surface area (Å²) in [5, 5.41) is 12.8. The van der Waals surface area contributed by atoms with Crippen LogP contribution in [0.25, 0.3) is 22.3 Å². The molecule has 0 heterocycles. The van der Waals surface area contributed by atoms with Crippen LogP contribution >= 0.6 is 0 Å². The Bertz CT molecular complexity index is 1600. The second-order valence-electron chi connectivity index (χ2n) is 9.30. The average Bonchev–Trinajstić information content (AvgIpc) is 2.96. The summed E-state index contributed by atoms with van der Waals surface area (Å²) in [5.41, 5.74) is -0.993. The molecular weight excluding hydrogens is 564 g/mol. The van der Waals surface area contributed by atoms with E-state index in [4.69, 9.17) is 4.74 Å². The van der Waals surface area contributed by atoms with E-state index in [0.29, 0.717) is 11.1 Å². The first-order valence-electron chi connectivity index (χ1n) is 12.4. The molecule has 0 aliphatic heterocycles. The lowest BCUT2D eigenvalue weighted by molar-refractivity contribution is -0.143. The molecule has 0 aliphatic carbocycles. The number of hydrogen-bond donors (Lipinski definition) is 2. The molecule has 218 valence electrons. The van der Waals surface area contributed by atoms with Crippen LogP contribution in [0.15, 0.2) is 91.0 Å². The van der Waals surface area contributed by atoms with E-state index < -0.39 is 41.4 Å². The van der Waals surface area contributed by atoms with E-state index >= 15 is 0 Å². The number of alkyl halides is 6. The summed E-state index contributed by atoms with van der Waals surface area (Å²) in [6.07, 6.45) is -9.24. The van der Waals surface area contributed by atoms with Crippen LogP contribution in [-0.4, -0.2) is 30.1 Å². The third-order valence-electron chi connectivity index (χ3n) is 6.49. The molecule has 1 amide bonds. The monoisotopic (exact) mass is 587 g/mol. The van der Waals surface area contributed by atoms with E-state index in [1.165, 1.54) is 66.7 Å². The number of benzene rings is 4. The number of carbonyl (C=O) groups excluding carboxylic acids is 2. The van der Waals surface area contributed by atoms with Crippen LogP contribution in [0.3, 0.4) is 0 Å². The highest BCUT2D eigenvalue weighted by atomic mass is 19.4. The molecule has 0 aliphatic rings. The Morgan fingerprint density at radius 3 is 2.12 bits per heavy atom. The van der Waals surface area contributed by atoms with Crippen molar-refractivity contribution >= 4 is 11.9 Å². The SMILES string of the molecule is COC(=O)C(Cc1ccc(-c2ccccc2C(F)(F)F)cc1)NC(=O)c1ccc(O)c(-c2cccc(C(F)(F)F)c2)c1. The quantitative estimate of drug-likeness (QED) is 0.176. The van der Waals surface area contributed by atoms with Crippen molar-refractivity contribution in [3.05, 3.63) is 113 Å². The number of carbonyl (C=O) groups is 2. The van der Waals surface area contributed by atoms with Gasteiger partial charge in [-0.1, -0.05) is 54.6 Å². The zero-order chi connectivity index (χ0) is 30.7. The highest BCUT2D eigenvalue weighted by Crippen LogP contribution is 2.37. The van der Waals surface area contributed by atoms with E-state index in [1.807, 2.05) is 0 Å². The summed E-state index contributed by atoms with van der Waals surface area (Å²) >= 11 is 0. The van der Waals surface area contributed by atoms with Gasteiger partial charge in [0.2, 0.25) is 0 Å². The lowest BCUT2D eigenvalue weighted by Crippen LogP contribution is -2.43. The van der Waals surface area contributed by atoms with Gasteiger partial charge in [0, 0.05) is 17.5 Å². The molecular formula is C31H23F6NO4. The van der Waals surface area contributed by atoms with Gasteiger partial charge in [-0.2, -0.15) is 26.3 Å². The predicted octanol–water partition coefficient (Wildman–Crippen LogP) is 7.28. The third-order valence-corrected chi connectivity index (χ3v) is 6.49. The molecule has 2 N–H and O–H groups in total. The van der Waals surface area contributed by atoms with Gasteiger partial charge < -0.3 is 15.2 Å². The lowest BCUT2D eigenvalue weighted by Gasteiger charge is -2.18. The lowest BCUT2D eigenvalue weighted by atomic mass is 9.96. The number of nitrogens with one attached hydrogen (secondary N) is 1. The maximum absolute atomic E-state index is 13.4. The highest BCUT2D eigenvalue weighted by Gasteiger charge is 2.33. The molecule has 0 saturated carbocycles. The minimum atomic E-state index is -4.62. The van der Waals surface area contributed by atoms with Crippen molar-refractivity contribution in [2.75, 3.05) is 7.11 Å². The molecule has 0 radical (unpaired) electrons. The molecule has 42 heavy (non-hydrogen) atoms. The molecule has 0 fully saturated rings. The third kappa shape index (κ3) is 6.91. The minimum absolute atomic E-state index is 0.0155. The summed E-state index contributed by atoms with van der Waals surface area (Å²) in [4.78, 5) is 25.6. The number of esters is 1. The van der Waals surface area contributed by atoms with E-state index in [9.17, 15) is 41.0 Å². The Morgan fingerprint density at radius 2 is 1.48 bits per heavy atom. The molecule has 0 spiro atoms. The van der Waals surface area contributed by atoms with Gasteiger partial charge in [-0.3, -0.25) is 4.79 Å². The molecule has 0 bridgehead atoms. The molecule has 1 atom stereocenters. The Morgan fingerprint density at radius 1 is 0.786 bits per heavy atom. The summed E-state index contributed by atoms with van der Waals surface area (Å²) in [5.74, 6) is -1.93. The fourth-order valence-electron chi connectivity index (χ4n) is 4.39. The molecule has 4 rings (SSSR count). The minimum Gasteiger partial charge on any atom is -0.507 e. The summed E-state index contributed by atoms with van der Waals surface area (Å²) in [7, 11) is 1.12. The molecule has 1 unspecified atom stereocenters. The molecule has 5 nitrogen and oxygen atoms in total. The topological polar surface area (TPSA) is 75.6 Å². The van der Waals surface area contributed by atoms with Gasteiger partial charge in [0.25, 0.3) is 5.91 Å². The Kier molecular flexibility index (Phi) is 8.60. The van der Waals surface area contributed by atoms with Crippen LogP contribution in [0, 0.1) is 0 Å². The van der Waals surface area contributed by atoms with Crippen molar-refractivity contribution in [2.24, 2.45) is 0 Å². The number of ether oxygens (including phenoxy) is 1. The Hall–Kier alpha value is -4.80. The van der Waals surface area contributed by atoms with E-state index in [-0.39, 0.29) is 34.4 Å². The first-order valence-corrected chi connectivity index (χ1v) is 12.4. The van der Waals surface area contributed by atoms with Gasteiger partial charge in [-0.15, -0.1) is 0 Å². The fraction of sp³-hybridized carbons (Fsp3) is 0.161. The number of hydrogen-bond acceptors (Lipinski definition) is 4. The normalized spacial score (nSPS) is 12.5. The second-order valence-corrected chi connectivity index (χ2v) is 9.30. The van der Waals surface area contributed by atoms with Crippen LogP contribution in [0.4, 0.5) is 26.3 Å². The molecule has 4 aromatic rings. The number of halogens is 6. The van der Waals surface area contributed by atoms with Crippen LogP contribution in [0.1, 0.15) is 27.0 Å². The number of aromatic hydroxyl groups is 1. The van der Waals surface area contributed by atoms with Crippen molar-refractivity contribution in [1.29, 1.82) is 0 Å². The fourth-order valence-corrected chi connectivity index (χ4v) is 4.39. The zero-order valence-electron chi connectivity index (χ0n) is 21.9. The van der Waals surface area contributed by atoms with Gasteiger partial charge in [0.1, 0.15) is 11.8 Å². The van der Waals surface area contributed by atoms with Gasteiger partial charge in [0.05, 0.1) is 18.2 Å². The predicted molar refractivity (Wildman–Crippen MR) is 142 cm³/mol. The van der Waals surface area contributed by atoms with Crippen molar-refractivity contribution < 1.29 is 45.8 Å². The van der Waals surface area contributed by atoms with Gasteiger partial charge in [0.15, 0.2) is 0 Å². The summed E-state index contributed by atoms with van der Waals surface area (Å²) in [6, 6.07) is 17.7. The number of phenolic OH excluding ortho intramolecular Hbond substituents is 1. The van der Waals surface area contributed by atoms with Crippen molar-refractivity contribution in [1.82, 2.24) is 5.32 Å². The second kappa shape index (κ2) is 12.0. The summed E-state index contributed by atoms with van der Waals surface area (Å²) < 4.78 is 84.6. The molecule has 11 heteroatoms. The van der Waals surface area contributed by atoms with Crippen LogP contribution in [0.2, 0.25) is 0 Å². The maximum Gasteiger partial charge on any atom is 0.417 e. The van der Waals surface area contributed by atoms with Crippen LogP contribution in [-0.2, 0) is 28.3 Å². The molecule has 4 aromatic carbocycles. The highest BCUT2D eigenvalue weighted by molar-refractivity contribution is 5.98. The van der Waals surface area contributed by atoms with E-state index in [1.54, 1.807) is 0 Å². The average molecular weight is 588 g/mol. The molecule has 0 saturated heterocycles. The van der Waals surface area contributed by atoms with Gasteiger partial charge >= 0.3 is 18.3 Å². The zero-order valence-corrected chi connectivity index (χ0v) is 21.9. The smallest absolute Gasteiger partial charge is 0.417 e. The Labute approximate surface area is 236 Å². The van der Waals surface area contributed by atoms with Gasteiger partial charge in [-0.05, 0) is 58.7 Å². The van der Waals surface area contributed by atoms with Crippen molar-refractivity contribution in [3.63, 3.8) is 0 Å². The van der Waals surface area contributed by atoms with Crippen LogP contribution < -0.4 is 5.32 Å². The number of methoxy groups -OCH3 is 1. The standard InChI is InChI=1S/C31H23F6NO4/c1-42-29(41)26(15-18-9-11-19(12-10-18)23-7-2-3-8-25(23)31(35,36)37)38-28(40)21-13-14-27(39)24(17-21)20-5-4-6-22(16-20)30(32,33)34/h2-14,16-17,26,39H,15H2,1H3,(H,38,40). The largest absolute Gasteiger partial charge is 0.507 e.